The van der Waals surface area contributed by atoms with E-state index in [2.05, 4.69) is 6.92 Å². The predicted octanol–water partition coefficient (Wildman–Crippen LogP) is 7.06. The fourth-order valence-electron chi connectivity index (χ4n) is 4.50. The molecule has 0 spiro atoms. The molecule has 0 bridgehead atoms. The summed E-state index contributed by atoms with van der Waals surface area (Å²) in [7, 11) is -3.16. The average molecular weight is 561 g/mol. The second kappa shape index (κ2) is 12.3. The molecule has 1 atom stereocenters. The van der Waals surface area contributed by atoms with Crippen molar-refractivity contribution in [1.29, 1.82) is 0 Å². The molecule has 1 fully saturated rings. The van der Waals surface area contributed by atoms with Crippen LogP contribution in [0.3, 0.4) is 0 Å². The molecule has 3 aromatic carbocycles. The van der Waals surface area contributed by atoms with Crippen LogP contribution in [0.5, 0.6) is 5.75 Å². The second-order valence-electron chi connectivity index (χ2n) is 9.39. The molecule has 37 heavy (non-hydrogen) atoms. The van der Waals surface area contributed by atoms with Gasteiger partial charge in [0.2, 0.25) is 0 Å². The molecular weight excluding hydrogens is 529 g/mol. The normalized spacial score (nSPS) is 16.5. The van der Waals surface area contributed by atoms with E-state index in [4.69, 9.17) is 27.9 Å². The molecule has 1 amide bonds. The van der Waals surface area contributed by atoms with Crippen molar-refractivity contribution in [3.05, 3.63) is 87.9 Å². The number of ether oxygens (including phenoxy) is 1. The van der Waals surface area contributed by atoms with Crippen molar-refractivity contribution >= 4 is 38.9 Å². The topological polar surface area (TPSA) is 63.7 Å². The van der Waals surface area contributed by atoms with Gasteiger partial charge in [-0.05, 0) is 60.4 Å². The summed E-state index contributed by atoms with van der Waals surface area (Å²) in [5.41, 5.74) is 3.21. The first-order valence-electron chi connectivity index (χ1n) is 12.5. The summed E-state index contributed by atoms with van der Waals surface area (Å²) in [5, 5.41) is 1.13. The van der Waals surface area contributed by atoms with Gasteiger partial charge in [-0.15, -0.1) is 0 Å². The predicted molar refractivity (Wildman–Crippen MR) is 150 cm³/mol. The molecule has 1 saturated heterocycles. The number of amides is 1. The van der Waals surface area contributed by atoms with Gasteiger partial charge in [-0.25, -0.2) is 8.42 Å². The van der Waals surface area contributed by atoms with Crippen LogP contribution in [0.1, 0.15) is 48.5 Å². The van der Waals surface area contributed by atoms with E-state index < -0.39 is 9.84 Å². The SMILES string of the molecule is CCCCCOc1ccc(C(=O)N(Cc2ccc(-c3ccc(Cl)cc3Cl)cc2)C2CCS(=O)(=O)C2)cc1. The van der Waals surface area contributed by atoms with Crippen LogP contribution in [-0.4, -0.2) is 43.4 Å². The zero-order valence-corrected chi connectivity index (χ0v) is 23.2. The molecule has 0 N–H and O–H groups in total. The number of sulfone groups is 1. The number of unbranched alkanes of at least 4 members (excludes halogenated alkanes) is 2. The Labute approximate surface area is 229 Å². The van der Waals surface area contributed by atoms with Crippen molar-refractivity contribution in [3.63, 3.8) is 0 Å². The Kier molecular flexibility index (Phi) is 9.17. The lowest BCUT2D eigenvalue weighted by Gasteiger charge is -2.29. The maximum Gasteiger partial charge on any atom is 0.254 e. The fraction of sp³-hybridized carbons (Fsp3) is 0.345. The highest BCUT2D eigenvalue weighted by molar-refractivity contribution is 7.91. The van der Waals surface area contributed by atoms with Crippen molar-refractivity contribution in [3.8, 4) is 16.9 Å². The smallest absolute Gasteiger partial charge is 0.254 e. The zero-order chi connectivity index (χ0) is 26.4. The summed E-state index contributed by atoms with van der Waals surface area (Å²) in [6.45, 7) is 3.10. The summed E-state index contributed by atoms with van der Waals surface area (Å²) >= 11 is 12.4. The molecule has 0 radical (unpaired) electrons. The number of rotatable bonds is 10. The minimum atomic E-state index is -3.16. The minimum Gasteiger partial charge on any atom is -0.494 e. The van der Waals surface area contributed by atoms with Crippen LogP contribution in [0, 0.1) is 0 Å². The Hall–Kier alpha value is -2.54. The molecule has 3 aromatic rings. The molecule has 8 heteroatoms. The molecule has 0 aliphatic carbocycles. The van der Waals surface area contributed by atoms with Gasteiger partial charge < -0.3 is 9.64 Å². The van der Waals surface area contributed by atoms with Crippen LogP contribution in [0.25, 0.3) is 11.1 Å². The largest absolute Gasteiger partial charge is 0.494 e. The van der Waals surface area contributed by atoms with Crippen molar-refractivity contribution < 1.29 is 17.9 Å². The third-order valence-corrected chi connectivity index (χ3v) is 8.88. The van der Waals surface area contributed by atoms with E-state index in [-0.39, 0.29) is 23.5 Å². The maximum atomic E-state index is 13.6. The van der Waals surface area contributed by atoms with E-state index in [1.807, 2.05) is 30.3 Å². The molecule has 1 heterocycles. The van der Waals surface area contributed by atoms with Crippen LogP contribution < -0.4 is 4.74 Å². The number of hydrogen-bond acceptors (Lipinski definition) is 4. The fourth-order valence-corrected chi connectivity index (χ4v) is 6.75. The van der Waals surface area contributed by atoms with Crippen LogP contribution in [0.4, 0.5) is 0 Å². The summed E-state index contributed by atoms with van der Waals surface area (Å²) in [6.07, 6.45) is 3.67. The number of hydrogen-bond donors (Lipinski definition) is 0. The number of benzene rings is 3. The first-order chi connectivity index (χ1) is 17.8. The van der Waals surface area contributed by atoms with Gasteiger partial charge in [0.15, 0.2) is 9.84 Å². The Morgan fingerprint density at radius 3 is 2.35 bits per heavy atom. The van der Waals surface area contributed by atoms with Gasteiger partial charge in [0.05, 0.1) is 18.1 Å². The molecule has 0 saturated carbocycles. The van der Waals surface area contributed by atoms with Gasteiger partial charge in [0.25, 0.3) is 5.91 Å². The first-order valence-corrected chi connectivity index (χ1v) is 15.1. The molecule has 4 rings (SSSR count). The van der Waals surface area contributed by atoms with Crippen LogP contribution in [-0.2, 0) is 16.4 Å². The standard InChI is InChI=1S/C29H31Cl2NO4S/c1-2-3-4-16-36-26-12-9-23(10-13-26)29(33)32(25-15-17-37(34,35)20-25)19-21-5-7-22(8-6-21)27-14-11-24(30)18-28(27)31/h5-14,18,25H,2-4,15-17,19-20H2,1H3. The van der Waals surface area contributed by atoms with Gasteiger partial charge in [0.1, 0.15) is 5.75 Å². The number of nitrogens with zero attached hydrogens (tertiary/aromatic N) is 1. The lowest BCUT2D eigenvalue weighted by Crippen LogP contribution is -2.40. The van der Waals surface area contributed by atoms with E-state index in [1.165, 1.54) is 0 Å². The van der Waals surface area contributed by atoms with E-state index in [1.54, 1.807) is 41.3 Å². The van der Waals surface area contributed by atoms with Crippen LogP contribution in [0.2, 0.25) is 10.0 Å². The lowest BCUT2D eigenvalue weighted by molar-refractivity contribution is 0.0681. The summed E-state index contributed by atoms with van der Waals surface area (Å²) in [4.78, 5) is 15.3. The molecular formula is C29H31Cl2NO4S. The van der Waals surface area contributed by atoms with Crippen LogP contribution >= 0.6 is 23.2 Å². The lowest BCUT2D eigenvalue weighted by atomic mass is 10.0. The highest BCUT2D eigenvalue weighted by atomic mass is 35.5. The Morgan fingerprint density at radius 1 is 1.00 bits per heavy atom. The molecule has 1 aliphatic rings. The van der Waals surface area contributed by atoms with E-state index in [0.717, 1.165) is 41.7 Å². The third kappa shape index (κ3) is 7.28. The van der Waals surface area contributed by atoms with Crippen molar-refractivity contribution in [2.75, 3.05) is 18.1 Å². The number of halogens is 2. The number of carbonyl (C=O) groups excluding carboxylic acids is 1. The Balaban J connectivity index is 1.52. The van der Waals surface area contributed by atoms with Gasteiger partial charge in [-0.2, -0.15) is 0 Å². The summed E-state index contributed by atoms with van der Waals surface area (Å²) in [6, 6.07) is 19.9. The monoisotopic (exact) mass is 559 g/mol. The highest BCUT2D eigenvalue weighted by Gasteiger charge is 2.35. The Bertz CT molecular complexity index is 1330. The summed E-state index contributed by atoms with van der Waals surface area (Å²) in [5.74, 6) is 0.610. The van der Waals surface area contributed by atoms with Gasteiger partial charge in [-0.1, -0.05) is 73.3 Å². The maximum absolute atomic E-state index is 13.6. The molecule has 1 unspecified atom stereocenters. The van der Waals surface area contributed by atoms with Crippen molar-refractivity contribution in [1.82, 2.24) is 4.90 Å². The third-order valence-electron chi connectivity index (χ3n) is 6.58. The van der Waals surface area contributed by atoms with E-state index >= 15 is 0 Å². The van der Waals surface area contributed by atoms with E-state index in [0.29, 0.717) is 35.2 Å². The van der Waals surface area contributed by atoms with Crippen LogP contribution in [0.15, 0.2) is 66.7 Å². The zero-order valence-electron chi connectivity index (χ0n) is 20.8. The summed E-state index contributed by atoms with van der Waals surface area (Å²) < 4.78 is 30.2. The molecule has 0 aromatic heterocycles. The average Bonchev–Trinajstić information content (AvgIpc) is 3.25. The van der Waals surface area contributed by atoms with Crippen molar-refractivity contribution in [2.24, 2.45) is 0 Å². The second-order valence-corrected chi connectivity index (χ2v) is 12.5. The number of carbonyl (C=O) groups is 1. The molecule has 196 valence electrons. The van der Waals surface area contributed by atoms with Crippen molar-refractivity contribution in [2.45, 2.75) is 45.2 Å². The minimum absolute atomic E-state index is 0.0180. The van der Waals surface area contributed by atoms with E-state index in [9.17, 15) is 13.2 Å². The molecule has 1 aliphatic heterocycles. The van der Waals surface area contributed by atoms with Gasteiger partial charge in [-0.3, -0.25) is 4.79 Å². The molecule has 5 nitrogen and oxygen atoms in total. The van der Waals surface area contributed by atoms with Gasteiger partial charge >= 0.3 is 0 Å². The van der Waals surface area contributed by atoms with Gasteiger partial charge in [0, 0.05) is 33.8 Å². The Morgan fingerprint density at radius 2 is 1.73 bits per heavy atom. The first kappa shape index (κ1) is 27.5. The quantitative estimate of drug-likeness (QED) is 0.249. The highest BCUT2D eigenvalue weighted by Crippen LogP contribution is 2.31.